The number of rotatable bonds is 10. The van der Waals surface area contributed by atoms with Crippen LogP contribution in [0.15, 0.2) is 42.5 Å². The Morgan fingerprint density at radius 2 is 1.63 bits per heavy atom. The summed E-state index contributed by atoms with van der Waals surface area (Å²) in [5, 5.41) is 29.0. The molecule has 0 aliphatic rings. The Labute approximate surface area is 182 Å². The van der Waals surface area contributed by atoms with E-state index in [2.05, 4.69) is 39.0 Å². The zero-order valence-electron chi connectivity index (χ0n) is 19.2. The SMILES string of the molecule is CCc1cc(C(C)(C)CCc2ccc(CO)c(CO)c2)ccc1C=CC(O)C(C)C. The maximum Gasteiger partial charge on any atom is 0.0747 e. The van der Waals surface area contributed by atoms with Gasteiger partial charge in [0.05, 0.1) is 19.3 Å². The summed E-state index contributed by atoms with van der Waals surface area (Å²) < 4.78 is 0. The Morgan fingerprint density at radius 3 is 2.23 bits per heavy atom. The van der Waals surface area contributed by atoms with Crippen molar-refractivity contribution in [2.45, 2.75) is 78.6 Å². The quantitative estimate of drug-likeness (QED) is 0.506. The van der Waals surface area contributed by atoms with E-state index in [1.54, 1.807) is 0 Å². The first kappa shape index (κ1) is 24.3. The molecule has 0 amide bonds. The first-order chi connectivity index (χ1) is 14.2. The minimum atomic E-state index is -0.424. The second-order valence-electron chi connectivity index (χ2n) is 9.16. The fourth-order valence-corrected chi connectivity index (χ4v) is 3.66. The molecule has 0 bridgehead atoms. The van der Waals surface area contributed by atoms with Gasteiger partial charge < -0.3 is 15.3 Å². The van der Waals surface area contributed by atoms with Gasteiger partial charge in [0.25, 0.3) is 0 Å². The Bertz CT molecular complexity index is 849. The Balaban J connectivity index is 2.17. The molecule has 2 rings (SSSR count). The van der Waals surface area contributed by atoms with Gasteiger partial charge in [0.15, 0.2) is 0 Å². The highest BCUT2D eigenvalue weighted by atomic mass is 16.3. The third kappa shape index (κ3) is 6.28. The maximum absolute atomic E-state index is 10.1. The van der Waals surface area contributed by atoms with Crippen LogP contribution in [0.25, 0.3) is 6.08 Å². The summed E-state index contributed by atoms with van der Waals surface area (Å²) in [5.74, 6) is 0.210. The van der Waals surface area contributed by atoms with Crippen molar-refractivity contribution in [3.05, 3.63) is 75.9 Å². The highest BCUT2D eigenvalue weighted by Crippen LogP contribution is 2.31. The van der Waals surface area contributed by atoms with Crippen LogP contribution in [-0.2, 0) is 31.5 Å². The lowest BCUT2D eigenvalue weighted by Crippen LogP contribution is -2.19. The van der Waals surface area contributed by atoms with Crippen LogP contribution in [0.4, 0.5) is 0 Å². The van der Waals surface area contributed by atoms with Gasteiger partial charge in [0, 0.05) is 0 Å². The fourth-order valence-electron chi connectivity index (χ4n) is 3.66. The van der Waals surface area contributed by atoms with E-state index >= 15 is 0 Å². The third-order valence-corrected chi connectivity index (χ3v) is 6.11. The number of aryl methyl sites for hydroxylation is 2. The Kier molecular flexibility index (Phi) is 8.84. The topological polar surface area (TPSA) is 60.7 Å². The minimum Gasteiger partial charge on any atom is -0.392 e. The molecule has 2 aromatic carbocycles. The maximum atomic E-state index is 10.1. The Morgan fingerprint density at radius 1 is 0.933 bits per heavy atom. The molecule has 0 saturated carbocycles. The molecule has 0 aliphatic heterocycles. The molecule has 1 unspecified atom stereocenters. The summed E-state index contributed by atoms with van der Waals surface area (Å²) in [7, 11) is 0. The first-order valence-electron chi connectivity index (χ1n) is 11.0. The average molecular weight is 411 g/mol. The second-order valence-corrected chi connectivity index (χ2v) is 9.16. The van der Waals surface area contributed by atoms with Crippen molar-refractivity contribution in [1.82, 2.24) is 0 Å². The average Bonchev–Trinajstić information content (AvgIpc) is 2.75. The van der Waals surface area contributed by atoms with E-state index in [-0.39, 0.29) is 24.5 Å². The summed E-state index contributed by atoms with van der Waals surface area (Å²) >= 11 is 0. The number of hydrogen-bond donors (Lipinski definition) is 3. The molecule has 0 saturated heterocycles. The smallest absolute Gasteiger partial charge is 0.0747 e. The van der Waals surface area contributed by atoms with Crippen molar-refractivity contribution in [2.24, 2.45) is 5.92 Å². The molecule has 3 heteroatoms. The molecule has 2 aromatic rings. The molecule has 3 N–H and O–H groups in total. The molecule has 0 heterocycles. The molecule has 0 aliphatic carbocycles. The summed E-state index contributed by atoms with van der Waals surface area (Å²) in [6, 6.07) is 12.6. The lowest BCUT2D eigenvalue weighted by molar-refractivity contribution is 0.173. The number of hydrogen-bond acceptors (Lipinski definition) is 3. The van der Waals surface area contributed by atoms with Crippen molar-refractivity contribution in [3.8, 4) is 0 Å². The fraction of sp³-hybridized carbons (Fsp3) is 0.481. The van der Waals surface area contributed by atoms with Crippen LogP contribution in [0.1, 0.15) is 74.4 Å². The molecule has 0 spiro atoms. The molecule has 1 atom stereocenters. The molecule has 0 fully saturated rings. The molecule has 164 valence electrons. The van der Waals surface area contributed by atoms with Gasteiger partial charge in [0.2, 0.25) is 0 Å². The molecule has 0 aromatic heterocycles. The van der Waals surface area contributed by atoms with Crippen LogP contribution in [0, 0.1) is 5.92 Å². The van der Waals surface area contributed by atoms with E-state index in [4.69, 9.17) is 0 Å². The van der Waals surface area contributed by atoms with E-state index in [0.717, 1.165) is 30.4 Å². The van der Waals surface area contributed by atoms with Gasteiger partial charge in [-0.3, -0.25) is 0 Å². The van der Waals surface area contributed by atoms with E-state index in [1.165, 1.54) is 22.3 Å². The lowest BCUT2D eigenvalue weighted by Gasteiger charge is -2.27. The largest absolute Gasteiger partial charge is 0.392 e. The van der Waals surface area contributed by atoms with Gasteiger partial charge in [0.1, 0.15) is 0 Å². The van der Waals surface area contributed by atoms with Crippen molar-refractivity contribution >= 4 is 6.08 Å². The summed E-state index contributed by atoms with van der Waals surface area (Å²) in [6.07, 6.45) is 6.35. The highest BCUT2D eigenvalue weighted by molar-refractivity contribution is 5.56. The second kappa shape index (κ2) is 10.9. The number of aliphatic hydroxyl groups is 3. The van der Waals surface area contributed by atoms with E-state index in [0.29, 0.717) is 0 Å². The zero-order chi connectivity index (χ0) is 22.3. The molecule has 3 nitrogen and oxygen atoms in total. The van der Waals surface area contributed by atoms with E-state index in [1.807, 2.05) is 44.2 Å². The van der Waals surface area contributed by atoms with Crippen LogP contribution in [-0.4, -0.2) is 21.4 Å². The van der Waals surface area contributed by atoms with Crippen LogP contribution in [0.3, 0.4) is 0 Å². The van der Waals surface area contributed by atoms with E-state index < -0.39 is 6.10 Å². The summed E-state index contributed by atoms with van der Waals surface area (Å²) in [6.45, 7) is 10.7. The lowest BCUT2D eigenvalue weighted by atomic mass is 9.78. The van der Waals surface area contributed by atoms with Crippen LogP contribution in [0.5, 0.6) is 0 Å². The van der Waals surface area contributed by atoms with Crippen LogP contribution in [0.2, 0.25) is 0 Å². The van der Waals surface area contributed by atoms with Crippen LogP contribution < -0.4 is 0 Å². The van der Waals surface area contributed by atoms with Crippen molar-refractivity contribution in [1.29, 1.82) is 0 Å². The standard InChI is InChI=1S/C27H38O3/c1-6-21-16-25(11-9-22(21)10-12-26(30)19(2)3)27(4,5)14-13-20-7-8-23(17-28)24(15-20)18-29/h7-12,15-16,19,26,28-30H,6,13-14,17-18H2,1-5H3. The van der Waals surface area contributed by atoms with Crippen LogP contribution >= 0.6 is 0 Å². The van der Waals surface area contributed by atoms with E-state index in [9.17, 15) is 15.3 Å². The third-order valence-electron chi connectivity index (χ3n) is 6.11. The van der Waals surface area contributed by atoms with Gasteiger partial charge in [-0.2, -0.15) is 0 Å². The van der Waals surface area contributed by atoms with Gasteiger partial charge in [-0.15, -0.1) is 0 Å². The summed E-state index contributed by atoms with van der Waals surface area (Å²) in [5.41, 5.74) is 6.57. The molecule has 0 radical (unpaired) electrons. The minimum absolute atomic E-state index is 0.0125. The monoisotopic (exact) mass is 410 g/mol. The molecule has 30 heavy (non-hydrogen) atoms. The van der Waals surface area contributed by atoms with Crippen molar-refractivity contribution < 1.29 is 15.3 Å². The predicted octanol–water partition coefficient (Wildman–Crippen LogP) is 5.17. The highest BCUT2D eigenvalue weighted by Gasteiger charge is 2.21. The number of aliphatic hydroxyl groups excluding tert-OH is 3. The predicted molar refractivity (Wildman–Crippen MR) is 125 cm³/mol. The normalized spacial score (nSPS) is 13.4. The number of benzene rings is 2. The summed E-state index contributed by atoms with van der Waals surface area (Å²) in [4.78, 5) is 0. The molecular weight excluding hydrogens is 372 g/mol. The van der Waals surface area contributed by atoms with Crippen molar-refractivity contribution in [2.75, 3.05) is 0 Å². The zero-order valence-corrected chi connectivity index (χ0v) is 19.2. The van der Waals surface area contributed by atoms with Gasteiger partial charge in [-0.05, 0) is 64.0 Å². The molecular formula is C27H38O3. The van der Waals surface area contributed by atoms with Gasteiger partial charge in [-0.1, -0.05) is 83.2 Å². The first-order valence-corrected chi connectivity index (χ1v) is 11.0. The Hall–Kier alpha value is -1.94. The van der Waals surface area contributed by atoms with Gasteiger partial charge >= 0.3 is 0 Å². The van der Waals surface area contributed by atoms with Crippen molar-refractivity contribution in [3.63, 3.8) is 0 Å². The van der Waals surface area contributed by atoms with Gasteiger partial charge in [-0.25, -0.2) is 0 Å².